The van der Waals surface area contributed by atoms with Crippen molar-refractivity contribution in [2.45, 2.75) is 90.1 Å². The number of carbonyl (C=O) groups is 1. The van der Waals surface area contributed by atoms with Crippen LogP contribution in [0.4, 0.5) is 0 Å². The highest BCUT2D eigenvalue weighted by atomic mass is 32.5. The minimum atomic E-state index is -3.07. The van der Waals surface area contributed by atoms with Crippen molar-refractivity contribution in [2.24, 2.45) is 0 Å². The molecule has 0 aromatic rings. The number of carbonyl (C=O) groups excluding carboxylic acids is 1. The van der Waals surface area contributed by atoms with Gasteiger partial charge in [-0.3, -0.25) is 9.32 Å². The van der Waals surface area contributed by atoms with E-state index >= 15 is 0 Å². The van der Waals surface area contributed by atoms with Gasteiger partial charge in [0, 0.05) is 6.42 Å². The van der Waals surface area contributed by atoms with Crippen LogP contribution in [0.15, 0.2) is 0 Å². The Morgan fingerprint density at radius 2 is 1.60 bits per heavy atom. The maximum atomic E-state index is 11.6. The van der Waals surface area contributed by atoms with Crippen molar-refractivity contribution in [3.05, 3.63) is 0 Å². The predicted octanol–water partition coefficient (Wildman–Crippen LogP) is 5.02. The third kappa shape index (κ3) is 13.8. The van der Waals surface area contributed by atoms with Gasteiger partial charge in [0.25, 0.3) is 0 Å². The Balaban J connectivity index is 0.00000576. The van der Waals surface area contributed by atoms with Gasteiger partial charge in [-0.05, 0) is 18.2 Å². The molecule has 25 heavy (non-hydrogen) atoms. The highest BCUT2D eigenvalue weighted by Gasteiger charge is 2.31. The number of hydrogen-bond donors (Lipinski definition) is 2. The zero-order valence-electron chi connectivity index (χ0n) is 15.6. The summed E-state index contributed by atoms with van der Waals surface area (Å²) in [7, 11) is 0. The molecule has 1 aliphatic heterocycles. The van der Waals surface area contributed by atoms with E-state index in [1.165, 1.54) is 57.8 Å². The Morgan fingerprint density at radius 3 is 2.08 bits per heavy atom. The number of hydrogen-bond acceptors (Lipinski definition) is 6. The summed E-state index contributed by atoms with van der Waals surface area (Å²) < 4.78 is 15.1. The molecule has 0 bridgehead atoms. The topological polar surface area (TPSA) is 100.0 Å². The van der Waals surface area contributed by atoms with E-state index in [0.29, 0.717) is 6.42 Å². The van der Waals surface area contributed by atoms with Gasteiger partial charge in [-0.15, -0.1) is 0 Å². The largest absolute Gasteiger partial charge is 0.463 e. The summed E-state index contributed by atoms with van der Waals surface area (Å²) in [5.74, 6) is -0.215. The molecule has 0 saturated carbocycles. The zero-order valence-corrected chi connectivity index (χ0v) is 17.3. The molecule has 4 N–H and O–H groups in total. The maximum absolute atomic E-state index is 11.6. The van der Waals surface area contributed by atoms with Crippen LogP contribution in [0, 0.1) is 0 Å². The zero-order chi connectivity index (χ0) is 17.7. The van der Waals surface area contributed by atoms with E-state index < -0.39 is 12.8 Å². The molecular formula is C17H36NO5PS. The Morgan fingerprint density at radius 1 is 1.08 bits per heavy atom. The number of ether oxygens (including phenoxy) is 1. The summed E-state index contributed by atoms with van der Waals surface area (Å²) in [5.41, 5.74) is 0. The van der Waals surface area contributed by atoms with Crippen LogP contribution in [0.2, 0.25) is 0 Å². The van der Waals surface area contributed by atoms with Gasteiger partial charge in [0.1, 0.15) is 12.7 Å². The fourth-order valence-corrected chi connectivity index (χ4v) is 4.16. The van der Waals surface area contributed by atoms with E-state index in [1.807, 2.05) is 0 Å². The lowest BCUT2D eigenvalue weighted by Gasteiger charge is -2.09. The second-order valence-corrected chi connectivity index (χ2v) is 9.25. The van der Waals surface area contributed by atoms with Gasteiger partial charge in [-0.25, -0.2) is 0 Å². The first-order valence-electron chi connectivity index (χ1n) is 9.35. The predicted molar refractivity (Wildman–Crippen MR) is 104 cm³/mol. The van der Waals surface area contributed by atoms with Crippen molar-refractivity contribution < 1.29 is 23.5 Å². The van der Waals surface area contributed by atoms with E-state index in [-0.39, 0.29) is 25.3 Å². The molecule has 0 spiro atoms. The monoisotopic (exact) mass is 397 g/mol. The van der Waals surface area contributed by atoms with Crippen LogP contribution in [0.3, 0.4) is 0 Å². The first kappa shape index (κ1) is 25.0. The molecule has 150 valence electrons. The van der Waals surface area contributed by atoms with E-state index in [1.54, 1.807) is 0 Å². The first-order chi connectivity index (χ1) is 11.5. The van der Waals surface area contributed by atoms with Gasteiger partial charge >= 0.3 is 12.7 Å². The summed E-state index contributed by atoms with van der Waals surface area (Å²) in [6.07, 6.45) is 13.8. The average Bonchev–Trinajstić information content (AvgIpc) is 2.90. The van der Waals surface area contributed by atoms with Crippen molar-refractivity contribution in [1.82, 2.24) is 6.15 Å². The van der Waals surface area contributed by atoms with E-state index in [0.717, 1.165) is 12.8 Å². The molecule has 2 atom stereocenters. The Hall–Kier alpha value is -0.0400. The normalized spacial score (nSPS) is 22.6. The lowest BCUT2D eigenvalue weighted by Crippen LogP contribution is -2.20. The molecule has 1 heterocycles. The summed E-state index contributed by atoms with van der Waals surface area (Å²) in [6, 6.07) is 0. The molecule has 1 rings (SSSR count). The maximum Gasteiger partial charge on any atom is 0.325 e. The first-order valence-corrected chi connectivity index (χ1v) is 11.9. The second kappa shape index (κ2) is 15.1. The Labute approximate surface area is 157 Å². The van der Waals surface area contributed by atoms with Crippen molar-refractivity contribution >= 4 is 24.5 Å². The smallest absolute Gasteiger partial charge is 0.325 e. The van der Waals surface area contributed by atoms with Gasteiger partial charge in [-0.2, -0.15) is 0 Å². The average molecular weight is 398 g/mol. The van der Waals surface area contributed by atoms with Crippen LogP contribution in [-0.2, 0) is 30.4 Å². The molecule has 0 aliphatic carbocycles. The number of rotatable bonds is 14. The minimum Gasteiger partial charge on any atom is -0.463 e. The van der Waals surface area contributed by atoms with Crippen molar-refractivity contribution in [3.8, 4) is 0 Å². The summed E-state index contributed by atoms with van der Waals surface area (Å²) in [4.78, 5) is 21.0. The van der Waals surface area contributed by atoms with Gasteiger partial charge in [0.05, 0.1) is 6.61 Å². The summed E-state index contributed by atoms with van der Waals surface area (Å²) >= 11 is 4.70. The van der Waals surface area contributed by atoms with Crippen molar-refractivity contribution in [3.63, 3.8) is 0 Å². The fraction of sp³-hybridized carbons (Fsp3) is 0.941. The van der Waals surface area contributed by atoms with E-state index in [9.17, 15) is 9.69 Å². The highest BCUT2D eigenvalue weighted by Crippen LogP contribution is 2.49. The van der Waals surface area contributed by atoms with Gasteiger partial charge < -0.3 is 20.3 Å². The number of unbranched alkanes of at least 4 members (excludes halogenated alkanes) is 10. The van der Waals surface area contributed by atoms with Crippen LogP contribution < -0.4 is 6.15 Å². The molecule has 0 aromatic carbocycles. The molecule has 1 aliphatic rings. The van der Waals surface area contributed by atoms with Gasteiger partial charge in [0.2, 0.25) is 0 Å². The lowest BCUT2D eigenvalue weighted by molar-refractivity contribution is -0.146. The molecule has 6 nitrogen and oxygen atoms in total. The van der Waals surface area contributed by atoms with E-state index in [2.05, 4.69) is 6.92 Å². The van der Waals surface area contributed by atoms with Gasteiger partial charge in [0.15, 0.2) is 0 Å². The summed E-state index contributed by atoms with van der Waals surface area (Å²) in [5, 5.41) is 0. The fourth-order valence-electron chi connectivity index (χ4n) is 2.70. The standard InChI is InChI=1S/C17H33O5PS.H3N/c1-2-3-4-5-6-7-8-9-10-11-12-13-17(18)20-14-16-15-21-23(19,24)22-16;/h16H,2-15H2,1H3,(H,19,24);1H3. The molecule has 1 saturated heterocycles. The van der Waals surface area contributed by atoms with Crippen LogP contribution in [0.25, 0.3) is 0 Å². The molecular weight excluding hydrogens is 361 g/mol. The SMILES string of the molecule is CCCCCCCCCCCCCC(=O)OCC1COP(O)(=S)O1.N. The molecule has 2 unspecified atom stereocenters. The van der Waals surface area contributed by atoms with Crippen molar-refractivity contribution in [1.29, 1.82) is 0 Å². The molecule has 8 heteroatoms. The van der Waals surface area contributed by atoms with Crippen LogP contribution in [0.1, 0.15) is 84.0 Å². The molecule has 0 radical (unpaired) electrons. The summed E-state index contributed by atoms with van der Waals surface area (Å²) in [6.45, 7) is -0.520. The van der Waals surface area contributed by atoms with Crippen LogP contribution in [-0.4, -0.2) is 30.2 Å². The van der Waals surface area contributed by atoms with Crippen LogP contribution >= 0.6 is 6.72 Å². The Bertz CT molecular complexity index is 397. The lowest BCUT2D eigenvalue weighted by atomic mass is 10.1. The highest BCUT2D eigenvalue weighted by molar-refractivity contribution is 8.07. The van der Waals surface area contributed by atoms with E-state index in [4.69, 9.17) is 25.6 Å². The quantitative estimate of drug-likeness (QED) is 0.241. The second-order valence-electron chi connectivity index (χ2n) is 6.46. The molecule has 0 aromatic heterocycles. The minimum absolute atomic E-state index is 0. The third-order valence-electron chi connectivity index (χ3n) is 4.12. The molecule has 0 amide bonds. The molecule has 1 fully saturated rings. The van der Waals surface area contributed by atoms with Gasteiger partial charge in [-0.1, -0.05) is 71.1 Å². The van der Waals surface area contributed by atoms with Crippen molar-refractivity contribution in [2.75, 3.05) is 13.2 Å². The Kier molecular flexibility index (Phi) is 15.0. The van der Waals surface area contributed by atoms with Crippen LogP contribution in [0.5, 0.6) is 0 Å². The number of esters is 1. The third-order valence-corrected chi connectivity index (χ3v) is 5.73.